The summed E-state index contributed by atoms with van der Waals surface area (Å²) in [5.74, 6) is 0.885. The molecule has 0 N–H and O–H groups in total. The van der Waals surface area contributed by atoms with Crippen LogP contribution in [0.4, 0.5) is 0 Å². The van der Waals surface area contributed by atoms with Gasteiger partial charge in [-0.1, -0.05) is 30.6 Å². The molecule has 0 aromatic heterocycles. The highest BCUT2D eigenvalue weighted by molar-refractivity contribution is 5.87. The van der Waals surface area contributed by atoms with E-state index in [4.69, 9.17) is 0 Å². The number of carbonyl (C=O) groups is 1. The van der Waals surface area contributed by atoms with Gasteiger partial charge >= 0.3 is 0 Å². The average Bonchev–Trinajstić information content (AvgIpc) is 2.53. The van der Waals surface area contributed by atoms with E-state index in [0.717, 1.165) is 5.92 Å². The first kappa shape index (κ1) is 10.2. The molecule has 1 aliphatic carbocycles. The van der Waals surface area contributed by atoms with Gasteiger partial charge in [0.15, 0.2) is 5.78 Å². The van der Waals surface area contributed by atoms with Gasteiger partial charge in [-0.2, -0.15) is 0 Å². The van der Waals surface area contributed by atoms with Crippen molar-refractivity contribution in [3.63, 3.8) is 0 Å². The predicted molar refractivity (Wildman–Crippen MR) is 55.5 cm³/mol. The molecule has 0 unspecified atom stereocenters. The van der Waals surface area contributed by atoms with E-state index in [1.807, 2.05) is 6.08 Å². The Morgan fingerprint density at radius 1 is 1.15 bits per heavy atom. The third-order valence-corrected chi connectivity index (χ3v) is 2.48. The fraction of sp³-hybridized carbons (Fsp3) is 0.583. The molecule has 0 radical (unpaired) electrons. The molecule has 0 aromatic rings. The number of hydrogen-bond acceptors (Lipinski definition) is 1. The van der Waals surface area contributed by atoms with Crippen molar-refractivity contribution in [3.8, 4) is 0 Å². The van der Waals surface area contributed by atoms with Crippen LogP contribution >= 0.6 is 0 Å². The highest BCUT2D eigenvalue weighted by Gasteiger charge is 2.11. The molecular weight excluding hydrogens is 160 g/mol. The van der Waals surface area contributed by atoms with E-state index in [0.29, 0.717) is 0 Å². The lowest BCUT2D eigenvalue weighted by atomic mass is 10.0. The molecule has 0 bridgehead atoms. The Morgan fingerprint density at radius 3 is 2.31 bits per heavy atom. The van der Waals surface area contributed by atoms with Crippen molar-refractivity contribution in [2.24, 2.45) is 5.92 Å². The minimum Gasteiger partial charge on any atom is -0.295 e. The molecule has 13 heavy (non-hydrogen) atoms. The van der Waals surface area contributed by atoms with Gasteiger partial charge in [0.25, 0.3) is 0 Å². The van der Waals surface area contributed by atoms with Crippen molar-refractivity contribution in [3.05, 3.63) is 23.8 Å². The SMILES string of the molecule is CC(=O)/C=C/C(C)=C/C1CCCC1. The Hall–Kier alpha value is -0.850. The molecule has 1 rings (SSSR count). The maximum atomic E-state index is 10.7. The first-order valence-corrected chi connectivity index (χ1v) is 5.05. The Kier molecular flexibility index (Phi) is 3.94. The summed E-state index contributed by atoms with van der Waals surface area (Å²) in [7, 11) is 0. The van der Waals surface area contributed by atoms with Gasteiger partial charge in [0.05, 0.1) is 0 Å². The third kappa shape index (κ3) is 4.07. The molecule has 0 saturated heterocycles. The fourth-order valence-corrected chi connectivity index (χ4v) is 1.80. The zero-order chi connectivity index (χ0) is 9.68. The van der Waals surface area contributed by atoms with E-state index in [2.05, 4.69) is 13.0 Å². The summed E-state index contributed by atoms with van der Waals surface area (Å²) in [6, 6.07) is 0. The molecule has 0 aliphatic heterocycles. The van der Waals surface area contributed by atoms with Crippen molar-refractivity contribution in [1.29, 1.82) is 0 Å². The quantitative estimate of drug-likeness (QED) is 0.479. The third-order valence-electron chi connectivity index (χ3n) is 2.48. The van der Waals surface area contributed by atoms with Crippen molar-refractivity contribution < 1.29 is 4.79 Å². The van der Waals surface area contributed by atoms with Crippen LogP contribution < -0.4 is 0 Å². The molecule has 1 aliphatic rings. The van der Waals surface area contributed by atoms with Crippen molar-refractivity contribution in [2.75, 3.05) is 0 Å². The second-order valence-corrected chi connectivity index (χ2v) is 3.90. The van der Waals surface area contributed by atoms with Crippen LogP contribution in [0.2, 0.25) is 0 Å². The molecule has 72 valence electrons. The smallest absolute Gasteiger partial charge is 0.152 e. The first-order valence-electron chi connectivity index (χ1n) is 5.05. The summed E-state index contributed by atoms with van der Waals surface area (Å²) >= 11 is 0. The zero-order valence-corrected chi connectivity index (χ0v) is 8.55. The highest BCUT2D eigenvalue weighted by Crippen LogP contribution is 2.26. The molecule has 0 aromatic carbocycles. The summed E-state index contributed by atoms with van der Waals surface area (Å²) in [5.41, 5.74) is 1.22. The van der Waals surface area contributed by atoms with Crippen molar-refractivity contribution in [2.45, 2.75) is 39.5 Å². The van der Waals surface area contributed by atoms with Gasteiger partial charge in [-0.05, 0) is 38.7 Å². The molecule has 0 heterocycles. The van der Waals surface area contributed by atoms with Crippen LogP contribution in [-0.2, 0) is 4.79 Å². The number of hydrogen-bond donors (Lipinski definition) is 0. The Balaban J connectivity index is 2.45. The Morgan fingerprint density at radius 2 is 1.77 bits per heavy atom. The van der Waals surface area contributed by atoms with E-state index < -0.39 is 0 Å². The van der Waals surface area contributed by atoms with E-state index in [9.17, 15) is 4.79 Å². The van der Waals surface area contributed by atoms with E-state index in [1.165, 1.54) is 31.3 Å². The molecule has 1 saturated carbocycles. The minimum atomic E-state index is 0.124. The highest BCUT2D eigenvalue weighted by atomic mass is 16.1. The molecule has 0 spiro atoms. The maximum absolute atomic E-state index is 10.7. The van der Waals surface area contributed by atoms with Crippen LogP contribution in [0.25, 0.3) is 0 Å². The molecule has 0 atom stereocenters. The number of ketones is 1. The van der Waals surface area contributed by atoms with Crippen LogP contribution in [-0.4, -0.2) is 5.78 Å². The number of rotatable bonds is 3. The normalized spacial score (nSPS) is 20.0. The number of carbonyl (C=O) groups excluding carboxylic acids is 1. The van der Waals surface area contributed by atoms with Crippen LogP contribution in [0.3, 0.4) is 0 Å². The fourth-order valence-electron chi connectivity index (χ4n) is 1.80. The van der Waals surface area contributed by atoms with E-state index in [1.54, 1.807) is 13.0 Å². The van der Waals surface area contributed by atoms with Gasteiger partial charge in [0.1, 0.15) is 0 Å². The lowest BCUT2D eigenvalue weighted by molar-refractivity contribution is -0.112. The van der Waals surface area contributed by atoms with Gasteiger partial charge in [-0.3, -0.25) is 4.79 Å². The van der Waals surface area contributed by atoms with Gasteiger partial charge in [0, 0.05) is 0 Å². The van der Waals surface area contributed by atoms with E-state index >= 15 is 0 Å². The summed E-state index contributed by atoms with van der Waals surface area (Å²) in [6.45, 7) is 3.65. The Labute approximate surface area is 80.5 Å². The first-order chi connectivity index (χ1) is 6.18. The van der Waals surface area contributed by atoms with Crippen LogP contribution in [0.1, 0.15) is 39.5 Å². The standard InChI is InChI=1S/C12H18O/c1-10(7-8-11(2)13)9-12-5-3-4-6-12/h7-9,12H,3-6H2,1-2H3/b8-7+,10-9+. The van der Waals surface area contributed by atoms with Gasteiger partial charge < -0.3 is 0 Å². The number of allylic oxidation sites excluding steroid dienone is 4. The van der Waals surface area contributed by atoms with E-state index in [-0.39, 0.29) is 5.78 Å². The second-order valence-electron chi connectivity index (χ2n) is 3.90. The minimum absolute atomic E-state index is 0.124. The van der Waals surface area contributed by atoms with Crippen molar-refractivity contribution in [1.82, 2.24) is 0 Å². The van der Waals surface area contributed by atoms with Gasteiger partial charge in [-0.25, -0.2) is 0 Å². The largest absolute Gasteiger partial charge is 0.295 e. The molecule has 1 nitrogen and oxygen atoms in total. The molecule has 1 heteroatoms. The van der Waals surface area contributed by atoms with Crippen molar-refractivity contribution >= 4 is 5.78 Å². The lowest BCUT2D eigenvalue weighted by Crippen LogP contribution is -1.88. The molecular formula is C12H18O. The summed E-state index contributed by atoms with van der Waals surface area (Å²) < 4.78 is 0. The predicted octanol–water partition coefficient (Wildman–Crippen LogP) is 3.27. The van der Waals surface area contributed by atoms with Gasteiger partial charge in [0.2, 0.25) is 0 Å². The van der Waals surface area contributed by atoms with Gasteiger partial charge in [-0.15, -0.1) is 0 Å². The summed E-state index contributed by atoms with van der Waals surface area (Å²) in [4.78, 5) is 10.7. The zero-order valence-electron chi connectivity index (χ0n) is 8.55. The van der Waals surface area contributed by atoms with Crippen LogP contribution in [0.5, 0.6) is 0 Å². The van der Waals surface area contributed by atoms with Crippen LogP contribution in [0, 0.1) is 5.92 Å². The summed E-state index contributed by atoms with van der Waals surface area (Å²) in [5, 5.41) is 0. The topological polar surface area (TPSA) is 17.1 Å². The molecule has 0 amide bonds. The lowest BCUT2D eigenvalue weighted by Gasteiger charge is -2.01. The average molecular weight is 178 g/mol. The second kappa shape index (κ2) is 5.00. The van der Waals surface area contributed by atoms with Crippen LogP contribution in [0.15, 0.2) is 23.8 Å². The monoisotopic (exact) mass is 178 g/mol. The summed E-state index contributed by atoms with van der Waals surface area (Å²) in [6.07, 6.45) is 11.2. The molecule has 1 fully saturated rings. The maximum Gasteiger partial charge on any atom is 0.152 e. The Bertz CT molecular complexity index is 230.